The summed E-state index contributed by atoms with van der Waals surface area (Å²) in [6.07, 6.45) is 3.05. The first-order chi connectivity index (χ1) is 7.06. The molecule has 1 rings (SSSR count). The summed E-state index contributed by atoms with van der Waals surface area (Å²) in [4.78, 5) is 13.8. The van der Waals surface area contributed by atoms with Gasteiger partial charge in [-0.25, -0.2) is 0 Å². The topological polar surface area (TPSA) is 32.3 Å². The predicted octanol–water partition coefficient (Wildman–Crippen LogP) is 1.63. The molecule has 1 saturated heterocycles. The van der Waals surface area contributed by atoms with Crippen LogP contribution in [0.4, 0.5) is 0 Å². The number of carbonyl (C=O) groups excluding carboxylic acids is 1. The summed E-state index contributed by atoms with van der Waals surface area (Å²) in [6.45, 7) is 7.44. The van der Waals surface area contributed by atoms with Gasteiger partial charge in [0.2, 0.25) is 5.91 Å². The van der Waals surface area contributed by atoms with E-state index in [4.69, 9.17) is 0 Å². The molecule has 0 spiro atoms. The molecular formula is C12H24N2O. The van der Waals surface area contributed by atoms with Crippen molar-refractivity contribution in [1.29, 1.82) is 0 Å². The van der Waals surface area contributed by atoms with Gasteiger partial charge in [-0.05, 0) is 32.4 Å². The van der Waals surface area contributed by atoms with Crippen molar-refractivity contribution in [3.63, 3.8) is 0 Å². The van der Waals surface area contributed by atoms with Gasteiger partial charge in [0, 0.05) is 18.5 Å². The molecule has 0 radical (unpaired) electrons. The van der Waals surface area contributed by atoms with Crippen molar-refractivity contribution in [2.24, 2.45) is 5.92 Å². The van der Waals surface area contributed by atoms with E-state index in [-0.39, 0.29) is 5.91 Å². The third-order valence-electron chi connectivity index (χ3n) is 3.36. The van der Waals surface area contributed by atoms with Crippen LogP contribution in [-0.2, 0) is 4.79 Å². The molecule has 1 amide bonds. The molecule has 0 saturated carbocycles. The highest BCUT2D eigenvalue weighted by Gasteiger charge is 2.31. The summed E-state index contributed by atoms with van der Waals surface area (Å²) >= 11 is 0. The lowest BCUT2D eigenvalue weighted by atomic mass is 9.94. The van der Waals surface area contributed by atoms with Crippen LogP contribution in [0.3, 0.4) is 0 Å². The number of nitrogens with one attached hydrogen (secondary N) is 1. The highest BCUT2D eigenvalue weighted by Crippen LogP contribution is 2.22. The van der Waals surface area contributed by atoms with E-state index in [0.29, 0.717) is 24.4 Å². The fraction of sp³-hybridized carbons (Fsp3) is 0.917. The number of likely N-dealkylation sites (N-methyl/N-ethyl adjacent to an activating group) is 1. The van der Waals surface area contributed by atoms with E-state index in [1.165, 1.54) is 12.8 Å². The van der Waals surface area contributed by atoms with Gasteiger partial charge in [-0.1, -0.05) is 20.8 Å². The molecule has 1 aliphatic rings. The maximum absolute atomic E-state index is 11.5. The predicted molar refractivity (Wildman–Crippen MR) is 62.7 cm³/mol. The van der Waals surface area contributed by atoms with Crippen molar-refractivity contribution < 1.29 is 4.79 Å². The van der Waals surface area contributed by atoms with Gasteiger partial charge in [0.15, 0.2) is 0 Å². The Bertz CT molecular complexity index is 216. The molecular weight excluding hydrogens is 188 g/mol. The Hall–Kier alpha value is -0.570. The van der Waals surface area contributed by atoms with E-state index in [1.54, 1.807) is 0 Å². The Labute approximate surface area is 93.2 Å². The minimum Gasteiger partial charge on any atom is -0.352 e. The van der Waals surface area contributed by atoms with Crippen LogP contribution >= 0.6 is 0 Å². The fourth-order valence-corrected chi connectivity index (χ4v) is 2.38. The van der Waals surface area contributed by atoms with E-state index in [0.717, 1.165) is 6.54 Å². The fourth-order valence-electron chi connectivity index (χ4n) is 2.38. The molecule has 0 aromatic heterocycles. The van der Waals surface area contributed by atoms with Crippen molar-refractivity contribution in [2.75, 3.05) is 13.6 Å². The zero-order chi connectivity index (χ0) is 11.4. The van der Waals surface area contributed by atoms with Crippen molar-refractivity contribution in [1.82, 2.24) is 10.2 Å². The lowest BCUT2D eigenvalue weighted by molar-refractivity contribution is -0.122. The number of carbonyl (C=O) groups is 1. The molecule has 0 unspecified atom stereocenters. The Morgan fingerprint density at radius 1 is 1.53 bits per heavy atom. The van der Waals surface area contributed by atoms with Crippen molar-refractivity contribution >= 4 is 5.91 Å². The Morgan fingerprint density at radius 3 is 2.60 bits per heavy atom. The van der Waals surface area contributed by atoms with Gasteiger partial charge < -0.3 is 10.2 Å². The molecule has 1 fully saturated rings. The number of amides is 1. The van der Waals surface area contributed by atoms with E-state index in [1.807, 2.05) is 6.92 Å². The molecule has 15 heavy (non-hydrogen) atoms. The average molecular weight is 212 g/mol. The number of hydrogen-bond donors (Lipinski definition) is 1. The highest BCUT2D eigenvalue weighted by atomic mass is 16.1. The number of nitrogens with zero attached hydrogens (tertiary/aromatic N) is 1. The Kier molecular flexibility index (Phi) is 4.58. The Morgan fingerprint density at radius 2 is 2.20 bits per heavy atom. The quantitative estimate of drug-likeness (QED) is 0.768. The third-order valence-corrected chi connectivity index (χ3v) is 3.36. The molecule has 3 heteroatoms. The summed E-state index contributed by atoms with van der Waals surface area (Å²) < 4.78 is 0. The molecule has 3 nitrogen and oxygen atoms in total. The summed E-state index contributed by atoms with van der Waals surface area (Å²) in [6, 6.07) is 0.838. The standard InChI is InChI=1S/C12H24N2O/c1-5-11(15)13-12(9(2)3)10-7-6-8-14(10)4/h9-10,12H,5-8H2,1-4H3,(H,13,15)/t10-,12-/m1/s1. The second-order valence-electron chi connectivity index (χ2n) is 4.88. The highest BCUT2D eigenvalue weighted by molar-refractivity contribution is 5.75. The molecule has 88 valence electrons. The minimum atomic E-state index is 0.175. The number of likely N-dealkylation sites (tertiary alicyclic amines) is 1. The van der Waals surface area contributed by atoms with Crippen molar-refractivity contribution in [2.45, 2.75) is 52.1 Å². The van der Waals surface area contributed by atoms with Gasteiger partial charge in [0.25, 0.3) is 0 Å². The Balaban J connectivity index is 2.60. The molecule has 1 N–H and O–H groups in total. The number of hydrogen-bond acceptors (Lipinski definition) is 2. The van der Waals surface area contributed by atoms with E-state index in [9.17, 15) is 4.79 Å². The van der Waals surface area contributed by atoms with Crippen molar-refractivity contribution in [3.8, 4) is 0 Å². The van der Waals surface area contributed by atoms with Crippen LogP contribution in [0.2, 0.25) is 0 Å². The molecule has 0 aromatic carbocycles. The molecule has 0 aromatic rings. The summed E-state index contributed by atoms with van der Waals surface area (Å²) in [7, 11) is 2.16. The molecule has 1 aliphatic heterocycles. The van der Waals surface area contributed by atoms with Crippen LogP contribution < -0.4 is 5.32 Å². The van der Waals surface area contributed by atoms with Crippen LogP contribution in [0.1, 0.15) is 40.0 Å². The van der Waals surface area contributed by atoms with Gasteiger partial charge in [-0.15, -0.1) is 0 Å². The molecule has 2 atom stereocenters. The normalized spacial score (nSPS) is 24.5. The van der Waals surface area contributed by atoms with Gasteiger partial charge in [-0.3, -0.25) is 4.79 Å². The minimum absolute atomic E-state index is 0.175. The van der Waals surface area contributed by atoms with Crippen molar-refractivity contribution in [3.05, 3.63) is 0 Å². The van der Waals surface area contributed by atoms with Gasteiger partial charge in [0.05, 0.1) is 0 Å². The third kappa shape index (κ3) is 3.20. The second-order valence-corrected chi connectivity index (χ2v) is 4.88. The van der Waals surface area contributed by atoms with Gasteiger partial charge in [0.1, 0.15) is 0 Å². The monoisotopic (exact) mass is 212 g/mol. The average Bonchev–Trinajstić information content (AvgIpc) is 2.60. The summed E-state index contributed by atoms with van der Waals surface area (Å²) in [5.41, 5.74) is 0. The second kappa shape index (κ2) is 5.50. The molecule has 0 bridgehead atoms. The van der Waals surface area contributed by atoms with E-state index in [2.05, 4.69) is 31.1 Å². The largest absolute Gasteiger partial charge is 0.352 e. The van der Waals surface area contributed by atoms with Crippen LogP contribution in [0, 0.1) is 5.92 Å². The van der Waals surface area contributed by atoms with Crippen LogP contribution in [0.5, 0.6) is 0 Å². The molecule has 1 heterocycles. The van der Waals surface area contributed by atoms with Crippen LogP contribution in [0.15, 0.2) is 0 Å². The number of rotatable bonds is 4. The van der Waals surface area contributed by atoms with Gasteiger partial charge in [-0.2, -0.15) is 0 Å². The first-order valence-electron chi connectivity index (χ1n) is 6.05. The zero-order valence-corrected chi connectivity index (χ0v) is 10.4. The smallest absolute Gasteiger partial charge is 0.219 e. The van der Waals surface area contributed by atoms with Gasteiger partial charge >= 0.3 is 0 Å². The lowest BCUT2D eigenvalue weighted by Gasteiger charge is -2.32. The zero-order valence-electron chi connectivity index (χ0n) is 10.4. The first-order valence-corrected chi connectivity index (χ1v) is 6.05. The SMILES string of the molecule is CCC(=O)N[C@H](C(C)C)[C@H]1CCCN1C. The summed E-state index contributed by atoms with van der Waals surface area (Å²) in [5.74, 6) is 0.681. The maximum Gasteiger partial charge on any atom is 0.219 e. The first kappa shape index (κ1) is 12.5. The van der Waals surface area contributed by atoms with E-state index >= 15 is 0 Å². The van der Waals surface area contributed by atoms with E-state index < -0.39 is 0 Å². The summed E-state index contributed by atoms with van der Waals surface area (Å²) in [5, 5.41) is 3.16. The van der Waals surface area contributed by atoms with Crippen LogP contribution in [-0.4, -0.2) is 36.5 Å². The lowest BCUT2D eigenvalue weighted by Crippen LogP contribution is -2.50. The molecule has 0 aliphatic carbocycles. The van der Waals surface area contributed by atoms with Crippen LogP contribution in [0.25, 0.3) is 0 Å². The maximum atomic E-state index is 11.5.